The van der Waals surface area contributed by atoms with E-state index in [-0.39, 0.29) is 10.6 Å². The van der Waals surface area contributed by atoms with Crippen molar-refractivity contribution in [1.82, 2.24) is 9.78 Å². The van der Waals surface area contributed by atoms with Gasteiger partial charge in [0.05, 0.1) is 4.92 Å². The minimum Gasteiger partial charge on any atom is -0.364 e. The normalized spacial score (nSPS) is 17.4. The van der Waals surface area contributed by atoms with E-state index in [0.29, 0.717) is 23.3 Å². The third kappa shape index (κ3) is 2.64. The number of aromatic nitrogens is 2. The van der Waals surface area contributed by atoms with E-state index in [1.807, 2.05) is 6.92 Å². The molecule has 1 aliphatic rings. The molecule has 0 radical (unpaired) electrons. The van der Waals surface area contributed by atoms with Crippen molar-refractivity contribution >= 4 is 11.5 Å². The van der Waals surface area contributed by atoms with Crippen LogP contribution in [0, 0.1) is 15.5 Å². The van der Waals surface area contributed by atoms with Crippen molar-refractivity contribution in [2.75, 3.05) is 11.9 Å². The fraction of sp³-hybridized carbons (Fsp3) is 0.786. The number of nitrogens with zero attached hydrogens (tertiary/aromatic N) is 3. The largest absolute Gasteiger partial charge is 0.364 e. The van der Waals surface area contributed by atoms with Crippen molar-refractivity contribution in [3.63, 3.8) is 0 Å². The van der Waals surface area contributed by atoms with Crippen LogP contribution >= 0.6 is 0 Å². The van der Waals surface area contributed by atoms with Crippen molar-refractivity contribution in [1.29, 1.82) is 0 Å². The van der Waals surface area contributed by atoms with Crippen LogP contribution in [0.25, 0.3) is 0 Å². The zero-order valence-corrected chi connectivity index (χ0v) is 12.6. The van der Waals surface area contributed by atoms with Crippen molar-refractivity contribution in [2.24, 2.45) is 12.5 Å². The van der Waals surface area contributed by atoms with E-state index < -0.39 is 0 Å². The first kappa shape index (κ1) is 14.8. The minimum atomic E-state index is -0.318. The first-order valence-corrected chi connectivity index (χ1v) is 7.47. The molecule has 1 heterocycles. The van der Waals surface area contributed by atoms with Crippen LogP contribution in [0.5, 0.6) is 0 Å². The first-order chi connectivity index (χ1) is 9.53. The molecule has 0 atom stereocenters. The highest BCUT2D eigenvalue weighted by molar-refractivity contribution is 5.59. The van der Waals surface area contributed by atoms with E-state index in [0.717, 1.165) is 13.0 Å². The molecule has 112 valence electrons. The lowest BCUT2D eigenvalue weighted by Gasteiger charge is -2.27. The molecule has 0 aromatic carbocycles. The Morgan fingerprint density at radius 3 is 2.55 bits per heavy atom. The molecule has 6 nitrogen and oxygen atoms in total. The lowest BCUT2D eigenvalue weighted by molar-refractivity contribution is -0.384. The summed E-state index contributed by atoms with van der Waals surface area (Å²) < 4.78 is 1.61. The van der Waals surface area contributed by atoms with Gasteiger partial charge in [-0.05, 0) is 31.1 Å². The summed E-state index contributed by atoms with van der Waals surface area (Å²) >= 11 is 0. The van der Waals surface area contributed by atoms with Crippen LogP contribution in [-0.2, 0) is 13.5 Å². The van der Waals surface area contributed by atoms with Gasteiger partial charge < -0.3 is 5.32 Å². The number of hydrogen-bond donors (Lipinski definition) is 1. The molecule has 0 spiro atoms. The van der Waals surface area contributed by atoms with Gasteiger partial charge in [0.25, 0.3) is 0 Å². The number of nitro groups is 1. The lowest BCUT2D eigenvalue weighted by Crippen LogP contribution is -2.26. The molecule has 6 heteroatoms. The third-order valence-electron chi connectivity index (χ3n) is 4.65. The van der Waals surface area contributed by atoms with Gasteiger partial charge >= 0.3 is 5.69 Å². The highest BCUT2D eigenvalue weighted by Crippen LogP contribution is 2.41. The molecule has 20 heavy (non-hydrogen) atoms. The minimum absolute atomic E-state index is 0.138. The molecule has 0 unspecified atom stereocenters. The molecule has 0 aliphatic heterocycles. The van der Waals surface area contributed by atoms with Crippen LogP contribution in [0.3, 0.4) is 0 Å². The van der Waals surface area contributed by atoms with Crippen molar-refractivity contribution in [3.8, 4) is 0 Å². The number of rotatable bonds is 6. The molecule has 1 aromatic heterocycles. The van der Waals surface area contributed by atoms with Crippen LogP contribution < -0.4 is 5.32 Å². The van der Waals surface area contributed by atoms with E-state index in [2.05, 4.69) is 17.3 Å². The molecule has 0 amide bonds. The fourth-order valence-electron chi connectivity index (χ4n) is 3.25. The van der Waals surface area contributed by atoms with E-state index in [9.17, 15) is 10.1 Å². The number of hydrogen-bond acceptors (Lipinski definition) is 4. The van der Waals surface area contributed by atoms with Crippen LogP contribution in [0.2, 0.25) is 0 Å². The molecule has 0 bridgehead atoms. The van der Waals surface area contributed by atoms with E-state index in [4.69, 9.17) is 0 Å². The van der Waals surface area contributed by atoms with Crippen LogP contribution in [0.15, 0.2) is 0 Å². The third-order valence-corrected chi connectivity index (χ3v) is 4.65. The Labute approximate surface area is 119 Å². The smallest absolute Gasteiger partial charge is 0.333 e. The quantitative estimate of drug-likeness (QED) is 0.641. The van der Waals surface area contributed by atoms with Crippen molar-refractivity contribution in [3.05, 3.63) is 15.8 Å². The molecular weight excluding hydrogens is 256 g/mol. The monoisotopic (exact) mass is 280 g/mol. The number of nitrogens with one attached hydrogen (secondary N) is 1. The molecule has 2 rings (SSSR count). The predicted molar refractivity (Wildman–Crippen MR) is 78.9 cm³/mol. The zero-order chi connectivity index (χ0) is 14.8. The molecule has 0 saturated heterocycles. The Morgan fingerprint density at radius 1 is 1.40 bits per heavy atom. The molecule has 1 aliphatic carbocycles. The Kier molecular flexibility index (Phi) is 4.30. The second kappa shape index (κ2) is 5.81. The summed E-state index contributed by atoms with van der Waals surface area (Å²) in [4.78, 5) is 11.0. The number of anilines is 1. The SMILES string of the molecule is CCc1nn(C)c(NCC2(CC)CCCC2)c1[N+](=O)[O-]. The van der Waals surface area contributed by atoms with Crippen LogP contribution in [0.1, 0.15) is 51.6 Å². The Bertz CT molecular complexity index is 490. The zero-order valence-electron chi connectivity index (χ0n) is 12.6. The summed E-state index contributed by atoms with van der Waals surface area (Å²) in [6.45, 7) is 4.90. The summed E-state index contributed by atoms with van der Waals surface area (Å²) in [6, 6.07) is 0. The van der Waals surface area contributed by atoms with Crippen LogP contribution in [-0.4, -0.2) is 21.2 Å². The average molecular weight is 280 g/mol. The average Bonchev–Trinajstić information content (AvgIpc) is 3.01. The summed E-state index contributed by atoms with van der Waals surface area (Å²) in [5.41, 5.74) is 0.987. The van der Waals surface area contributed by atoms with Gasteiger partial charge in [-0.15, -0.1) is 0 Å². The standard InChI is InChI=1S/C14H24N4O2/c1-4-11-12(18(19)20)13(17(3)16-11)15-10-14(5-2)8-6-7-9-14/h15H,4-10H2,1-3H3. The maximum atomic E-state index is 11.3. The summed E-state index contributed by atoms with van der Waals surface area (Å²) in [6.07, 6.45) is 6.65. The lowest BCUT2D eigenvalue weighted by atomic mass is 9.83. The van der Waals surface area contributed by atoms with Gasteiger partial charge in [-0.2, -0.15) is 5.10 Å². The van der Waals surface area contributed by atoms with E-state index in [1.165, 1.54) is 25.7 Å². The van der Waals surface area contributed by atoms with E-state index >= 15 is 0 Å². The van der Waals surface area contributed by atoms with Crippen molar-refractivity contribution < 1.29 is 4.92 Å². The van der Waals surface area contributed by atoms with Gasteiger partial charge in [0.15, 0.2) is 0 Å². The second-order valence-corrected chi connectivity index (χ2v) is 5.79. The summed E-state index contributed by atoms with van der Waals surface area (Å²) in [5.74, 6) is 0.548. The summed E-state index contributed by atoms with van der Waals surface area (Å²) in [7, 11) is 1.77. The maximum Gasteiger partial charge on any atom is 0.333 e. The van der Waals surface area contributed by atoms with Gasteiger partial charge in [-0.3, -0.25) is 10.1 Å². The molecule has 1 fully saturated rings. The second-order valence-electron chi connectivity index (χ2n) is 5.79. The fourth-order valence-corrected chi connectivity index (χ4v) is 3.25. The molecule has 1 aromatic rings. The Morgan fingerprint density at radius 2 is 2.05 bits per heavy atom. The summed E-state index contributed by atoms with van der Waals surface area (Å²) in [5, 5.41) is 18.8. The number of aryl methyl sites for hydroxylation is 2. The van der Waals surface area contributed by atoms with E-state index in [1.54, 1.807) is 11.7 Å². The predicted octanol–water partition coefficient (Wildman–Crippen LogP) is 3.27. The van der Waals surface area contributed by atoms with Gasteiger partial charge in [0, 0.05) is 13.6 Å². The topological polar surface area (TPSA) is 73.0 Å². The highest BCUT2D eigenvalue weighted by Gasteiger charge is 2.33. The van der Waals surface area contributed by atoms with Gasteiger partial charge in [-0.25, -0.2) is 4.68 Å². The van der Waals surface area contributed by atoms with Crippen LogP contribution in [0.4, 0.5) is 11.5 Å². The molecule has 1 saturated carbocycles. The van der Waals surface area contributed by atoms with Crippen molar-refractivity contribution in [2.45, 2.75) is 52.4 Å². The Hall–Kier alpha value is -1.59. The van der Waals surface area contributed by atoms with Gasteiger partial charge in [0.2, 0.25) is 5.82 Å². The highest BCUT2D eigenvalue weighted by atomic mass is 16.6. The molecule has 1 N–H and O–H groups in total. The van der Waals surface area contributed by atoms with Gasteiger partial charge in [-0.1, -0.05) is 26.7 Å². The molecular formula is C14H24N4O2. The Balaban J connectivity index is 2.20. The maximum absolute atomic E-state index is 11.3. The van der Waals surface area contributed by atoms with Gasteiger partial charge in [0.1, 0.15) is 5.69 Å². The first-order valence-electron chi connectivity index (χ1n) is 7.47.